The first-order valence-electron chi connectivity index (χ1n) is 8.03. The Hall–Kier alpha value is -2.47. The molecule has 0 aliphatic heterocycles. The highest BCUT2D eigenvalue weighted by Crippen LogP contribution is 2.14. The Kier molecular flexibility index (Phi) is 6.26. The Labute approximate surface area is 141 Å². The average molecular weight is 329 g/mol. The molecule has 0 bridgehead atoms. The minimum absolute atomic E-state index is 0.144. The number of aromatic nitrogens is 2. The van der Waals surface area contributed by atoms with Crippen LogP contribution in [0.1, 0.15) is 41.6 Å². The van der Waals surface area contributed by atoms with Gasteiger partial charge in [0.05, 0.1) is 6.10 Å². The summed E-state index contributed by atoms with van der Waals surface area (Å²) in [5, 5.41) is 12.8. The number of nitrogens with one attached hydrogen (secondary N) is 2. The number of nitrogens with zero attached hydrogens (tertiary/aromatic N) is 1. The molecule has 0 spiro atoms. The lowest BCUT2D eigenvalue weighted by Crippen LogP contribution is -2.27. The maximum atomic E-state index is 11.9. The summed E-state index contributed by atoms with van der Waals surface area (Å²) in [5.41, 5.74) is 1.84. The number of benzene rings is 1. The fourth-order valence-corrected chi connectivity index (χ4v) is 2.56. The van der Waals surface area contributed by atoms with E-state index in [9.17, 15) is 14.7 Å². The first-order valence-corrected chi connectivity index (χ1v) is 8.03. The first-order chi connectivity index (χ1) is 11.5. The van der Waals surface area contributed by atoms with E-state index < -0.39 is 6.10 Å². The van der Waals surface area contributed by atoms with Crippen LogP contribution < -0.4 is 10.9 Å². The van der Waals surface area contributed by atoms with Crippen molar-refractivity contribution < 1.29 is 9.90 Å². The zero-order valence-electron chi connectivity index (χ0n) is 14.0. The van der Waals surface area contributed by atoms with Gasteiger partial charge in [0.1, 0.15) is 5.82 Å². The molecule has 0 saturated carbocycles. The molecule has 0 fully saturated rings. The van der Waals surface area contributed by atoms with Gasteiger partial charge in [-0.15, -0.1) is 0 Å². The van der Waals surface area contributed by atoms with Crippen molar-refractivity contribution in [3.63, 3.8) is 0 Å². The van der Waals surface area contributed by atoms with E-state index in [1.165, 1.54) is 0 Å². The van der Waals surface area contributed by atoms with Gasteiger partial charge in [0, 0.05) is 24.2 Å². The molecule has 6 nitrogen and oxygen atoms in total. The first kappa shape index (κ1) is 17.9. The zero-order chi connectivity index (χ0) is 17.5. The molecule has 1 aromatic heterocycles. The summed E-state index contributed by atoms with van der Waals surface area (Å²) in [6.45, 7) is 3.88. The molecule has 1 unspecified atom stereocenters. The number of aliphatic hydroxyl groups excluding tert-OH is 1. The number of H-pyrrole nitrogens is 1. The third-order valence-electron chi connectivity index (χ3n) is 3.87. The third-order valence-corrected chi connectivity index (χ3v) is 3.87. The summed E-state index contributed by atoms with van der Waals surface area (Å²) < 4.78 is 0. The van der Waals surface area contributed by atoms with Crippen LogP contribution in [-0.4, -0.2) is 27.5 Å². The second kappa shape index (κ2) is 8.40. The minimum atomic E-state index is -0.599. The third kappa shape index (κ3) is 5.03. The summed E-state index contributed by atoms with van der Waals surface area (Å²) in [6, 6.07) is 9.33. The molecule has 2 rings (SSSR count). The predicted octanol–water partition coefficient (Wildman–Crippen LogP) is 1.56. The Morgan fingerprint density at radius 2 is 2.00 bits per heavy atom. The van der Waals surface area contributed by atoms with Crippen LogP contribution in [0.15, 0.2) is 35.1 Å². The standard InChI is InChI=1S/C18H23N3O3/c1-12-15(18(24)21-13(2)20-12)8-9-17(23)19-11-10-16(22)14-6-4-3-5-7-14/h3-7,16,22H,8-11H2,1-2H3,(H,19,23)(H,20,21,24). The molecule has 2 aromatic rings. The molecule has 6 heteroatoms. The molecule has 3 N–H and O–H groups in total. The summed E-state index contributed by atoms with van der Waals surface area (Å²) >= 11 is 0. The molecule has 1 atom stereocenters. The highest BCUT2D eigenvalue weighted by Gasteiger charge is 2.11. The zero-order valence-corrected chi connectivity index (χ0v) is 14.0. The number of carbonyl (C=O) groups excluding carboxylic acids is 1. The SMILES string of the molecule is Cc1nc(C)c(CCC(=O)NCCC(O)c2ccccc2)c(=O)[nH]1. The van der Waals surface area contributed by atoms with Gasteiger partial charge < -0.3 is 15.4 Å². The fraction of sp³-hybridized carbons (Fsp3) is 0.389. The number of rotatable bonds is 7. The topological polar surface area (TPSA) is 95.1 Å². The van der Waals surface area contributed by atoms with Crippen molar-refractivity contribution in [3.05, 3.63) is 63.3 Å². The number of hydrogen-bond donors (Lipinski definition) is 3. The summed E-state index contributed by atoms with van der Waals surface area (Å²) in [6.07, 6.45) is 0.414. The van der Waals surface area contributed by atoms with Crippen LogP contribution in [0, 0.1) is 13.8 Å². The van der Waals surface area contributed by atoms with Gasteiger partial charge in [-0.3, -0.25) is 9.59 Å². The predicted molar refractivity (Wildman–Crippen MR) is 91.7 cm³/mol. The molecule has 0 radical (unpaired) electrons. The van der Waals surface area contributed by atoms with Crippen molar-refractivity contribution in [2.24, 2.45) is 0 Å². The molecule has 0 aliphatic carbocycles. The van der Waals surface area contributed by atoms with Gasteiger partial charge >= 0.3 is 0 Å². The van der Waals surface area contributed by atoms with E-state index in [1.54, 1.807) is 13.8 Å². The lowest BCUT2D eigenvalue weighted by Gasteiger charge is -2.11. The van der Waals surface area contributed by atoms with Gasteiger partial charge in [0.15, 0.2) is 0 Å². The number of aryl methyl sites for hydroxylation is 2. The van der Waals surface area contributed by atoms with Crippen LogP contribution >= 0.6 is 0 Å². The number of aromatic amines is 1. The van der Waals surface area contributed by atoms with Crippen molar-refractivity contribution in [2.75, 3.05) is 6.54 Å². The van der Waals surface area contributed by atoms with Crippen molar-refractivity contribution in [1.82, 2.24) is 15.3 Å². The summed E-state index contributed by atoms with van der Waals surface area (Å²) in [4.78, 5) is 30.6. The monoisotopic (exact) mass is 329 g/mol. The molecule has 24 heavy (non-hydrogen) atoms. The fourth-order valence-electron chi connectivity index (χ4n) is 2.56. The van der Waals surface area contributed by atoms with Gasteiger partial charge in [-0.05, 0) is 32.3 Å². The van der Waals surface area contributed by atoms with Gasteiger partial charge in [-0.2, -0.15) is 0 Å². The number of aliphatic hydroxyl groups is 1. The average Bonchev–Trinajstić information content (AvgIpc) is 2.54. The smallest absolute Gasteiger partial charge is 0.254 e. The molecule has 1 amide bonds. The number of amides is 1. The highest BCUT2D eigenvalue weighted by atomic mass is 16.3. The molecule has 128 valence electrons. The lowest BCUT2D eigenvalue weighted by atomic mass is 10.1. The van der Waals surface area contributed by atoms with Crippen LogP contribution in [0.3, 0.4) is 0 Å². The van der Waals surface area contributed by atoms with Gasteiger partial charge in [-0.1, -0.05) is 30.3 Å². The molecular formula is C18H23N3O3. The summed E-state index contributed by atoms with van der Waals surface area (Å²) in [5.74, 6) is 0.426. The van der Waals surface area contributed by atoms with E-state index in [2.05, 4.69) is 15.3 Å². The molecule has 0 aliphatic rings. The van der Waals surface area contributed by atoms with Crippen LogP contribution in [0.2, 0.25) is 0 Å². The van der Waals surface area contributed by atoms with E-state index in [-0.39, 0.29) is 17.9 Å². The molecule has 0 saturated heterocycles. The second-order valence-corrected chi connectivity index (χ2v) is 5.78. The summed E-state index contributed by atoms with van der Waals surface area (Å²) in [7, 11) is 0. The van der Waals surface area contributed by atoms with Gasteiger partial charge in [0.2, 0.25) is 5.91 Å². The highest BCUT2D eigenvalue weighted by molar-refractivity contribution is 5.76. The Morgan fingerprint density at radius 3 is 2.67 bits per heavy atom. The maximum absolute atomic E-state index is 11.9. The van der Waals surface area contributed by atoms with Gasteiger partial charge in [0.25, 0.3) is 5.56 Å². The second-order valence-electron chi connectivity index (χ2n) is 5.78. The molecule has 1 heterocycles. The Bertz CT molecular complexity index is 741. The minimum Gasteiger partial charge on any atom is -0.388 e. The maximum Gasteiger partial charge on any atom is 0.254 e. The van der Waals surface area contributed by atoms with Crippen molar-refractivity contribution in [3.8, 4) is 0 Å². The Morgan fingerprint density at radius 1 is 1.29 bits per heavy atom. The van der Waals surface area contributed by atoms with E-state index in [4.69, 9.17) is 0 Å². The van der Waals surface area contributed by atoms with Crippen LogP contribution in [0.4, 0.5) is 0 Å². The molecular weight excluding hydrogens is 306 g/mol. The quantitative estimate of drug-likeness (QED) is 0.718. The van der Waals surface area contributed by atoms with Crippen LogP contribution in [-0.2, 0) is 11.2 Å². The van der Waals surface area contributed by atoms with Crippen LogP contribution in [0.5, 0.6) is 0 Å². The Balaban J connectivity index is 1.77. The van der Waals surface area contributed by atoms with E-state index in [0.29, 0.717) is 36.5 Å². The van der Waals surface area contributed by atoms with Crippen molar-refractivity contribution in [2.45, 2.75) is 39.2 Å². The largest absolute Gasteiger partial charge is 0.388 e. The lowest BCUT2D eigenvalue weighted by molar-refractivity contribution is -0.121. The number of carbonyl (C=O) groups is 1. The normalized spacial score (nSPS) is 12.0. The number of hydrogen-bond acceptors (Lipinski definition) is 4. The van der Waals surface area contributed by atoms with E-state index >= 15 is 0 Å². The van der Waals surface area contributed by atoms with Crippen molar-refractivity contribution >= 4 is 5.91 Å². The van der Waals surface area contributed by atoms with E-state index in [0.717, 1.165) is 5.56 Å². The van der Waals surface area contributed by atoms with Crippen LogP contribution in [0.25, 0.3) is 0 Å². The van der Waals surface area contributed by atoms with Gasteiger partial charge in [-0.25, -0.2) is 4.98 Å². The molecule has 1 aromatic carbocycles. The van der Waals surface area contributed by atoms with Crippen molar-refractivity contribution in [1.29, 1.82) is 0 Å². The van der Waals surface area contributed by atoms with E-state index in [1.807, 2.05) is 30.3 Å².